The molecule has 1 aromatic rings. The molecule has 0 unspecified atom stereocenters. The molecule has 0 N–H and O–H groups in total. The second-order valence-corrected chi connectivity index (χ2v) is 1.88. The molecule has 54 valence electrons. The standard InChI is InChI=1S/C7H8O3/c1-9-7(8)4-6-2-3-10-5-6/h2-3,5H,4H2,1H3. The number of carbonyl (C=O) groups excluding carboxylic acids is 1. The summed E-state index contributed by atoms with van der Waals surface area (Å²) in [5.41, 5.74) is 0.840. The molecule has 0 saturated heterocycles. The smallest absolute Gasteiger partial charge is 0.310 e. The first kappa shape index (κ1) is 6.86. The summed E-state index contributed by atoms with van der Waals surface area (Å²) in [6.07, 6.45) is 3.34. The van der Waals surface area contributed by atoms with E-state index in [2.05, 4.69) is 4.74 Å². The highest BCUT2D eigenvalue weighted by Gasteiger charge is 2.01. The van der Waals surface area contributed by atoms with Gasteiger partial charge in [-0.25, -0.2) is 0 Å². The van der Waals surface area contributed by atoms with Gasteiger partial charge in [0.1, 0.15) is 0 Å². The molecule has 0 bridgehead atoms. The first-order chi connectivity index (χ1) is 4.83. The van der Waals surface area contributed by atoms with Crippen molar-refractivity contribution in [3.63, 3.8) is 0 Å². The molecule has 0 saturated carbocycles. The minimum Gasteiger partial charge on any atom is -0.472 e. The molecule has 0 amide bonds. The Kier molecular flexibility index (Phi) is 2.10. The molecule has 0 aliphatic carbocycles. The van der Waals surface area contributed by atoms with Crippen LogP contribution >= 0.6 is 0 Å². The summed E-state index contributed by atoms with van der Waals surface area (Å²) in [6.45, 7) is 0. The van der Waals surface area contributed by atoms with Gasteiger partial charge in [-0.15, -0.1) is 0 Å². The average Bonchev–Trinajstić information content (AvgIpc) is 2.40. The number of rotatable bonds is 2. The van der Waals surface area contributed by atoms with Crippen LogP contribution in [0, 0.1) is 0 Å². The normalized spacial score (nSPS) is 9.30. The minimum absolute atomic E-state index is 0.249. The van der Waals surface area contributed by atoms with Gasteiger partial charge in [-0.1, -0.05) is 0 Å². The fourth-order valence-electron chi connectivity index (χ4n) is 0.632. The zero-order valence-electron chi connectivity index (χ0n) is 5.66. The van der Waals surface area contributed by atoms with E-state index in [0.29, 0.717) is 0 Å². The maximum Gasteiger partial charge on any atom is 0.310 e. The summed E-state index contributed by atoms with van der Waals surface area (Å²) >= 11 is 0. The fraction of sp³-hybridized carbons (Fsp3) is 0.286. The van der Waals surface area contributed by atoms with Crippen LogP contribution in [0.3, 0.4) is 0 Å². The van der Waals surface area contributed by atoms with Gasteiger partial charge in [-0.3, -0.25) is 4.79 Å². The van der Waals surface area contributed by atoms with E-state index < -0.39 is 0 Å². The Labute approximate surface area is 58.6 Å². The van der Waals surface area contributed by atoms with E-state index in [9.17, 15) is 4.79 Å². The molecule has 0 aromatic carbocycles. The minimum atomic E-state index is -0.249. The molecule has 0 aliphatic rings. The number of furan rings is 1. The summed E-state index contributed by atoms with van der Waals surface area (Å²) in [5, 5.41) is 0. The molecule has 0 atom stereocenters. The number of carbonyl (C=O) groups is 1. The molecule has 0 spiro atoms. The van der Waals surface area contributed by atoms with Crippen molar-refractivity contribution in [2.24, 2.45) is 0 Å². The molecular weight excluding hydrogens is 132 g/mol. The van der Waals surface area contributed by atoms with Crippen molar-refractivity contribution in [3.8, 4) is 0 Å². The van der Waals surface area contributed by atoms with Gasteiger partial charge in [-0.2, -0.15) is 0 Å². The van der Waals surface area contributed by atoms with Crippen molar-refractivity contribution in [2.45, 2.75) is 6.42 Å². The Morgan fingerprint density at radius 3 is 3.10 bits per heavy atom. The van der Waals surface area contributed by atoms with Crippen LogP contribution in [0.1, 0.15) is 5.56 Å². The second kappa shape index (κ2) is 3.06. The van der Waals surface area contributed by atoms with Crippen LogP contribution in [-0.4, -0.2) is 13.1 Å². The summed E-state index contributed by atoms with van der Waals surface area (Å²) in [6, 6.07) is 1.73. The Morgan fingerprint density at radius 1 is 1.80 bits per heavy atom. The van der Waals surface area contributed by atoms with Crippen LogP contribution < -0.4 is 0 Å². The highest BCUT2D eigenvalue weighted by Crippen LogP contribution is 2.00. The van der Waals surface area contributed by atoms with Crippen molar-refractivity contribution in [1.29, 1.82) is 0 Å². The first-order valence-corrected chi connectivity index (χ1v) is 2.91. The molecule has 1 rings (SSSR count). The molecular formula is C7H8O3. The predicted molar refractivity (Wildman–Crippen MR) is 34.4 cm³/mol. The van der Waals surface area contributed by atoms with Gasteiger partial charge in [0.2, 0.25) is 0 Å². The molecule has 10 heavy (non-hydrogen) atoms. The Balaban J connectivity index is 2.48. The van der Waals surface area contributed by atoms with Crippen molar-refractivity contribution >= 4 is 5.97 Å². The average molecular weight is 140 g/mol. The lowest BCUT2D eigenvalue weighted by Crippen LogP contribution is -2.02. The topological polar surface area (TPSA) is 39.4 Å². The SMILES string of the molecule is COC(=O)Cc1ccoc1. The molecule has 0 fully saturated rings. The number of ether oxygens (including phenoxy) is 1. The van der Waals surface area contributed by atoms with Crippen LogP contribution in [0.2, 0.25) is 0 Å². The maximum atomic E-state index is 10.6. The Hall–Kier alpha value is -1.25. The summed E-state index contributed by atoms with van der Waals surface area (Å²) in [7, 11) is 1.36. The molecule has 0 radical (unpaired) electrons. The Morgan fingerprint density at radius 2 is 2.60 bits per heavy atom. The maximum absolute atomic E-state index is 10.6. The van der Waals surface area contributed by atoms with Gasteiger partial charge in [0, 0.05) is 5.56 Å². The second-order valence-electron chi connectivity index (χ2n) is 1.88. The third-order valence-corrected chi connectivity index (χ3v) is 1.16. The molecule has 3 heteroatoms. The van der Waals surface area contributed by atoms with E-state index in [-0.39, 0.29) is 12.4 Å². The zero-order valence-corrected chi connectivity index (χ0v) is 5.66. The summed E-state index contributed by atoms with van der Waals surface area (Å²) in [5.74, 6) is -0.249. The van der Waals surface area contributed by atoms with Gasteiger partial charge in [-0.05, 0) is 6.07 Å². The molecule has 1 heterocycles. The van der Waals surface area contributed by atoms with Crippen LogP contribution in [0.5, 0.6) is 0 Å². The van der Waals surface area contributed by atoms with Crippen LogP contribution in [0.15, 0.2) is 23.0 Å². The largest absolute Gasteiger partial charge is 0.472 e. The first-order valence-electron chi connectivity index (χ1n) is 2.91. The monoisotopic (exact) mass is 140 g/mol. The number of hydrogen-bond donors (Lipinski definition) is 0. The molecule has 3 nitrogen and oxygen atoms in total. The van der Waals surface area contributed by atoms with Crippen molar-refractivity contribution in [2.75, 3.05) is 7.11 Å². The van der Waals surface area contributed by atoms with Crippen LogP contribution in [0.4, 0.5) is 0 Å². The van der Waals surface area contributed by atoms with Crippen molar-refractivity contribution in [1.82, 2.24) is 0 Å². The third kappa shape index (κ3) is 1.62. The Bertz CT molecular complexity index is 201. The fourth-order valence-corrected chi connectivity index (χ4v) is 0.632. The summed E-state index contributed by atoms with van der Waals surface area (Å²) < 4.78 is 9.20. The number of esters is 1. The lowest BCUT2D eigenvalue weighted by atomic mass is 10.2. The highest BCUT2D eigenvalue weighted by atomic mass is 16.5. The van der Waals surface area contributed by atoms with Crippen LogP contribution in [0.25, 0.3) is 0 Å². The molecule has 1 aromatic heterocycles. The van der Waals surface area contributed by atoms with Gasteiger partial charge in [0.25, 0.3) is 0 Å². The van der Waals surface area contributed by atoms with E-state index in [1.165, 1.54) is 19.6 Å². The molecule has 0 aliphatic heterocycles. The van der Waals surface area contributed by atoms with E-state index in [1.54, 1.807) is 6.07 Å². The zero-order chi connectivity index (χ0) is 7.40. The van der Waals surface area contributed by atoms with Crippen molar-refractivity contribution < 1.29 is 13.9 Å². The summed E-state index contributed by atoms with van der Waals surface area (Å²) in [4.78, 5) is 10.6. The lowest BCUT2D eigenvalue weighted by molar-refractivity contribution is -0.139. The van der Waals surface area contributed by atoms with Crippen molar-refractivity contribution in [3.05, 3.63) is 24.2 Å². The quantitative estimate of drug-likeness (QED) is 0.575. The van der Waals surface area contributed by atoms with Crippen LogP contribution in [-0.2, 0) is 16.0 Å². The number of hydrogen-bond acceptors (Lipinski definition) is 3. The predicted octanol–water partition coefficient (Wildman–Crippen LogP) is 0.995. The van der Waals surface area contributed by atoms with E-state index in [1.807, 2.05) is 0 Å². The van der Waals surface area contributed by atoms with Gasteiger partial charge in [0.05, 0.1) is 26.1 Å². The van der Waals surface area contributed by atoms with E-state index >= 15 is 0 Å². The van der Waals surface area contributed by atoms with Gasteiger partial charge < -0.3 is 9.15 Å². The van der Waals surface area contributed by atoms with Gasteiger partial charge in [0.15, 0.2) is 0 Å². The number of methoxy groups -OCH3 is 1. The highest BCUT2D eigenvalue weighted by molar-refractivity contribution is 5.72. The van der Waals surface area contributed by atoms with Gasteiger partial charge >= 0.3 is 5.97 Å². The van der Waals surface area contributed by atoms with E-state index in [4.69, 9.17) is 4.42 Å². The third-order valence-electron chi connectivity index (χ3n) is 1.16. The van der Waals surface area contributed by atoms with E-state index in [0.717, 1.165) is 5.56 Å². The lowest BCUT2D eigenvalue weighted by Gasteiger charge is -1.92.